The largest absolute Gasteiger partial charge is 0.458 e. The first-order valence-electron chi connectivity index (χ1n) is 13.4. The van der Waals surface area contributed by atoms with Crippen LogP contribution in [0, 0.1) is 16.0 Å². The van der Waals surface area contributed by atoms with E-state index in [9.17, 15) is 23.3 Å². The van der Waals surface area contributed by atoms with E-state index in [4.69, 9.17) is 18.5 Å². The van der Waals surface area contributed by atoms with Gasteiger partial charge in [-0.1, -0.05) is 24.3 Å². The summed E-state index contributed by atoms with van der Waals surface area (Å²) in [4.78, 5) is 32.2. The molecule has 2 aromatic heterocycles. The van der Waals surface area contributed by atoms with E-state index in [2.05, 4.69) is 27.4 Å². The van der Waals surface area contributed by atoms with Crippen LogP contribution in [0.5, 0.6) is 0 Å². The molecule has 2 aliphatic carbocycles. The van der Waals surface area contributed by atoms with Gasteiger partial charge in [0.1, 0.15) is 17.9 Å². The lowest BCUT2D eigenvalue weighted by Gasteiger charge is -2.19. The van der Waals surface area contributed by atoms with Crippen molar-refractivity contribution in [2.75, 3.05) is 11.9 Å². The molecule has 0 radical (unpaired) electrons. The maximum Gasteiger partial charge on any atom is 0.338 e. The zero-order valence-corrected chi connectivity index (χ0v) is 23.0. The fraction of sp³-hybridized carbons (Fsp3) is 0.321. The summed E-state index contributed by atoms with van der Waals surface area (Å²) < 4.78 is 39.6. The van der Waals surface area contributed by atoms with Crippen molar-refractivity contribution < 1.29 is 31.5 Å². The number of carbonyl (C=O) groups is 1. The summed E-state index contributed by atoms with van der Waals surface area (Å²) in [7, 11) is -4.22. The molecular weight excluding hydrogens is 566 g/mol. The highest BCUT2D eigenvalue weighted by atomic mass is 32.2. The minimum atomic E-state index is -4.22. The van der Waals surface area contributed by atoms with Crippen molar-refractivity contribution in [3.8, 4) is 0 Å². The number of rotatable bonds is 9. The number of nitro groups is 1. The molecule has 0 spiro atoms. The summed E-state index contributed by atoms with van der Waals surface area (Å²) in [5, 5.41) is 19.5. The first-order valence-corrected chi connectivity index (χ1v) is 14.8. The molecule has 2 aliphatic rings. The number of nitrogens with zero attached hydrogens (tertiary/aromatic N) is 3. The normalized spacial score (nSPS) is 21.7. The number of hydrogen-bond donors (Lipinski definition) is 2. The topological polar surface area (TPSA) is 190 Å². The van der Waals surface area contributed by atoms with Crippen LogP contribution < -0.4 is 10.5 Å². The SMILES string of the molecule is NS(=O)(=O)OC[C@@H]1C[C@@H](c2coc3c(N[C@H]4CCc5ccccc54)ncnc23)C[C@@H]1OC(=O)c1ccc([N+](=O)[O-])cc1. The number of esters is 1. The van der Waals surface area contributed by atoms with Crippen molar-refractivity contribution in [2.24, 2.45) is 11.1 Å². The van der Waals surface area contributed by atoms with Gasteiger partial charge in [-0.3, -0.25) is 14.3 Å². The van der Waals surface area contributed by atoms with Gasteiger partial charge in [-0.2, -0.15) is 8.42 Å². The van der Waals surface area contributed by atoms with Gasteiger partial charge in [0.05, 0.1) is 29.4 Å². The number of fused-ring (bicyclic) bond motifs is 2. The molecule has 14 heteroatoms. The zero-order valence-electron chi connectivity index (χ0n) is 22.2. The molecule has 6 rings (SSSR count). The van der Waals surface area contributed by atoms with Crippen molar-refractivity contribution in [3.05, 3.63) is 93.5 Å². The van der Waals surface area contributed by atoms with Gasteiger partial charge in [0.15, 0.2) is 11.4 Å². The Labute approximate surface area is 240 Å². The molecule has 4 atom stereocenters. The molecule has 1 fully saturated rings. The highest BCUT2D eigenvalue weighted by Gasteiger charge is 2.40. The molecule has 1 saturated carbocycles. The van der Waals surface area contributed by atoms with E-state index in [0.29, 0.717) is 29.8 Å². The zero-order chi connectivity index (χ0) is 29.4. The smallest absolute Gasteiger partial charge is 0.338 e. The molecule has 0 saturated heterocycles. The van der Waals surface area contributed by atoms with Crippen LogP contribution in [-0.4, -0.2) is 42.0 Å². The fourth-order valence-electron chi connectivity index (χ4n) is 5.90. The minimum absolute atomic E-state index is 0.0854. The van der Waals surface area contributed by atoms with E-state index in [-0.39, 0.29) is 29.8 Å². The van der Waals surface area contributed by atoms with E-state index in [0.717, 1.165) is 18.4 Å². The summed E-state index contributed by atoms with van der Waals surface area (Å²) in [6.07, 6.45) is 4.99. The van der Waals surface area contributed by atoms with E-state index in [1.54, 1.807) is 6.26 Å². The Bertz CT molecular complexity index is 1760. The first-order chi connectivity index (χ1) is 20.2. The summed E-state index contributed by atoms with van der Waals surface area (Å²) in [6, 6.07) is 13.4. The summed E-state index contributed by atoms with van der Waals surface area (Å²) in [5.74, 6) is -0.834. The number of benzene rings is 2. The third-order valence-corrected chi connectivity index (χ3v) is 8.38. The van der Waals surface area contributed by atoms with E-state index < -0.39 is 33.2 Å². The average molecular weight is 594 g/mol. The minimum Gasteiger partial charge on any atom is -0.458 e. The maximum absolute atomic E-state index is 12.9. The quantitative estimate of drug-likeness (QED) is 0.161. The molecule has 0 unspecified atom stereocenters. The number of anilines is 1. The molecule has 0 bridgehead atoms. The number of furan rings is 1. The van der Waals surface area contributed by atoms with E-state index in [1.165, 1.54) is 41.7 Å². The number of ether oxygens (including phenoxy) is 1. The lowest BCUT2D eigenvalue weighted by molar-refractivity contribution is -0.384. The lowest BCUT2D eigenvalue weighted by atomic mass is 9.98. The van der Waals surface area contributed by atoms with Crippen LogP contribution in [0.3, 0.4) is 0 Å². The number of aryl methyl sites for hydroxylation is 1. The Morgan fingerprint density at radius 1 is 1.12 bits per heavy atom. The Morgan fingerprint density at radius 3 is 2.67 bits per heavy atom. The second-order valence-corrected chi connectivity index (χ2v) is 11.7. The average Bonchev–Trinajstić information content (AvgIpc) is 3.69. The van der Waals surface area contributed by atoms with Gasteiger partial charge in [0, 0.05) is 23.6 Å². The Morgan fingerprint density at radius 2 is 1.90 bits per heavy atom. The van der Waals surface area contributed by atoms with Crippen LogP contribution in [0.1, 0.15) is 58.3 Å². The van der Waals surface area contributed by atoms with Crippen molar-refractivity contribution in [3.63, 3.8) is 0 Å². The fourth-order valence-corrected chi connectivity index (χ4v) is 6.27. The predicted molar refractivity (Wildman–Crippen MR) is 150 cm³/mol. The van der Waals surface area contributed by atoms with Crippen LogP contribution >= 0.6 is 0 Å². The number of hydrogen-bond acceptors (Lipinski definition) is 11. The molecule has 0 amide bonds. The Kier molecular flexibility index (Phi) is 7.35. The maximum atomic E-state index is 12.9. The molecular formula is C28H27N5O8S. The first kappa shape index (κ1) is 27.8. The number of non-ortho nitro benzene ring substituents is 1. The number of nitrogens with two attached hydrogens (primary N) is 1. The third-order valence-electron chi connectivity index (χ3n) is 7.91. The summed E-state index contributed by atoms with van der Waals surface area (Å²) in [6.45, 7) is -0.286. The van der Waals surface area contributed by atoms with Gasteiger partial charge in [-0.25, -0.2) is 19.9 Å². The molecule has 4 aromatic rings. The highest BCUT2D eigenvalue weighted by Crippen LogP contribution is 2.44. The molecule has 3 N–H and O–H groups in total. The van der Waals surface area contributed by atoms with Crippen LogP contribution in [0.25, 0.3) is 11.1 Å². The molecule has 2 heterocycles. The van der Waals surface area contributed by atoms with Crippen LogP contribution in [0.4, 0.5) is 11.5 Å². The number of nitrogens with one attached hydrogen (secondary N) is 1. The van der Waals surface area contributed by atoms with Gasteiger partial charge in [0.25, 0.3) is 5.69 Å². The highest BCUT2D eigenvalue weighted by molar-refractivity contribution is 7.84. The molecule has 2 aromatic carbocycles. The van der Waals surface area contributed by atoms with Gasteiger partial charge in [-0.05, 0) is 54.9 Å². The van der Waals surface area contributed by atoms with Gasteiger partial charge >= 0.3 is 16.3 Å². The number of nitro benzene ring substituents is 1. The van der Waals surface area contributed by atoms with Crippen molar-refractivity contribution in [1.82, 2.24) is 9.97 Å². The lowest BCUT2D eigenvalue weighted by Crippen LogP contribution is -2.28. The summed E-state index contributed by atoms with van der Waals surface area (Å²) >= 11 is 0. The van der Waals surface area contributed by atoms with Gasteiger partial charge in [0.2, 0.25) is 0 Å². The van der Waals surface area contributed by atoms with E-state index in [1.807, 2.05) is 12.1 Å². The molecule has 0 aliphatic heterocycles. The van der Waals surface area contributed by atoms with Crippen molar-refractivity contribution >= 4 is 38.9 Å². The van der Waals surface area contributed by atoms with Crippen molar-refractivity contribution in [1.29, 1.82) is 0 Å². The number of aromatic nitrogens is 2. The summed E-state index contributed by atoms with van der Waals surface area (Å²) in [5.41, 5.74) is 4.37. The third kappa shape index (κ3) is 5.68. The monoisotopic (exact) mass is 593 g/mol. The molecule has 218 valence electrons. The Balaban J connectivity index is 1.23. The molecule has 13 nitrogen and oxygen atoms in total. The van der Waals surface area contributed by atoms with Gasteiger partial charge in [-0.15, -0.1) is 0 Å². The predicted octanol–water partition coefficient (Wildman–Crippen LogP) is 4.17. The Hall–Kier alpha value is -4.40. The van der Waals surface area contributed by atoms with Gasteiger partial charge < -0.3 is 14.5 Å². The second-order valence-electron chi connectivity index (χ2n) is 10.5. The van der Waals surface area contributed by atoms with Crippen LogP contribution in [0.15, 0.2) is 65.5 Å². The molecule has 42 heavy (non-hydrogen) atoms. The van der Waals surface area contributed by atoms with E-state index >= 15 is 0 Å². The van der Waals surface area contributed by atoms with Crippen LogP contribution in [-0.2, 0) is 25.6 Å². The second kappa shape index (κ2) is 11.1. The standard InChI is InChI=1S/C28H27N5O8S/c29-42(37,38)40-13-19-11-18(12-24(19)41-28(34)17-5-8-20(9-6-17)33(35)36)22-14-39-26-25(22)30-15-31-27(26)32-23-10-7-16-3-1-2-4-21(16)23/h1-6,8-9,14-15,18-19,23-24H,7,10-13H2,(H2,29,37,38)(H,30,31,32)/t18-,19+,23+,24+/m1/s1. The van der Waals surface area contributed by atoms with Crippen molar-refractivity contribution in [2.45, 2.75) is 43.7 Å². The number of carbonyl (C=O) groups excluding carboxylic acids is 1. The van der Waals surface area contributed by atoms with Crippen LogP contribution in [0.2, 0.25) is 0 Å².